The van der Waals surface area contributed by atoms with E-state index >= 15 is 0 Å². The van der Waals surface area contributed by atoms with Crippen molar-refractivity contribution in [2.75, 3.05) is 24.0 Å². The number of aromatic nitrogens is 2. The first-order chi connectivity index (χ1) is 9.72. The zero-order valence-corrected chi connectivity index (χ0v) is 11.3. The summed E-state index contributed by atoms with van der Waals surface area (Å²) in [5.41, 5.74) is 2.85. The molecule has 0 unspecified atom stereocenters. The maximum atomic E-state index is 14.0. The molecule has 0 saturated carbocycles. The normalized spacial score (nSPS) is 10.2. The number of hydrogen-bond donors (Lipinski definition) is 2. The summed E-state index contributed by atoms with van der Waals surface area (Å²) >= 11 is 0. The van der Waals surface area contributed by atoms with Gasteiger partial charge in [0.05, 0.1) is 12.8 Å². The molecule has 7 heteroatoms. The van der Waals surface area contributed by atoms with Crippen LogP contribution in [0.3, 0.4) is 0 Å². The van der Waals surface area contributed by atoms with Crippen molar-refractivity contribution >= 4 is 17.3 Å². The summed E-state index contributed by atoms with van der Waals surface area (Å²) in [4.78, 5) is 9.83. The summed E-state index contributed by atoms with van der Waals surface area (Å²) in [6.07, 6.45) is 1.34. The fraction of sp³-hybridized carbons (Fsp3) is 0.231. The first-order valence-electron chi connectivity index (χ1n) is 6.10. The van der Waals surface area contributed by atoms with Crippen LogP contribution in [0.4, 0.5) is 21.7 Å². The van der Waals surface area contributed by atoms with Crippen molar-refractivity contribution in [3.05, 3.63) is 36.4 Å². The highest BCUT2D eigenvalue weighted by atomic mass is 19.1. The van der Waals surface area contributed by atoms with Gasteiger partial charge in [0.1, 0.15) is 12.1 Å². The highest BCUT2D eigenvalue weighted by molar-refractivity contribution is 5.71. The van der Waals surface area contributed by atoms with Crippen LogP contribution in [0.2, 0.25) is 0 Å². The van der Waals surface area contributed by atoms with Crippen LogP contribution in [0, 0.1) is 5.82 Å². The molecule has 0 bridgehead atoms. The quantitative estimate of drug-likeness (QED) is 0.643. The van der Waals surface area contributed by atoms with E-state index < -0.39 is 0 Å². The Morgan fingerprint density at radius 2 is 2.10 bits per heavy atom. The molecular formula is C13H16FN5O. The molecule has 1 aromatic heterocycles. The van der Waals surface area contributed by atoms with Crippen LogP contribution in [0.5, 0.6) is 5.75 Å². The van der Waals surface area contributed by atoms with Gasteiger partial charge >= 0.3 is 0 Å². The first kappa shape index (κ1) is 14.0. The molecule has 0 spiro atoms. The second-order valence-corrected chi connectivity index (χ2v) is 3.92. The molecule has 0 aliphatic heterocycles. The number of nitrogen functional groups attached to an aromatic ring is 1. The maximum absolute atomic E-state index is 14.0. The molecule has 0 aliphatic rings. The molecule has 6 nitrogen and oxygen atoms in total. The van der Waals surface area contributed by atoms with Crippen LogP contribution in [-0.2, 0) is 0 Å². The third kappa shape index (κ3) is 2.48. The largest absolute Gasteiger partial charge is 0.490 e. The minimum atomic E-state index is -0.336. The van der Waals surface area contributed by atoms with Crippen molar-refractivity contribution in [1.29, 1.82) is 0 Å². The third-order valence-corrected chi connectivity index (χ3v) is 2.84. The Morgan fingerprint density at radius 3 is 2.70 bits per heavy atom. The minimum Gasteiger partial charge on any atom is -0.490 e. The van der Waals surface area contributed by atoms with Gasteiger partial charge < -0.3 is 15.1 Å². The van der Waals surface area contributed by atoms with Crippen LogP contribution in [-0.4, -0.2) is 23.6 Å². The van der Waals surface area contributed by atoms with Crippen molar-refractivity contribution in [3.63, 3.8) is 0 Å². The van der Waals surface area contributed by atoms with E-state index in [0.29, 0.717) is 29.6 Å². The van der Waals surface area contributed by atoms with E-state index in [2.05, 4.69) is 15.4 Å². The average molecular weight is 277 g/mol. The summed E-state index contributed by atoms with van der Waals surface area (Å²) in [6.45, 7) is 2.40. The summed E-state index contributed by atoms with van der Waals surface area (Å²) in [5.74, 6) is 6.21. The zero-order valence-electron chi connectivity index (χ0n) is 11.3. The standard InChI is InChI=1S/C13H16FN5O/c1-3-19(10-7-5-4-6-9(10)14)13-11(20-2)12(18-15)16-8-17-13/h4-8H,3,15H2,1-2H3,(H,16,17,18). The monoisotopic (exact) mass is 277 g/mol. The van der Waals surface area contributed by atoms with Gasteiger partial charge in [0, 0.05) is 6.54 Å². The van der Waals surface area contributed by atoms with Gasteiger partial charge in [-0.25, -0.2) is 20.2 Å². The number of hydrazine groups is 1. The van der Waals surface area contributed by atoms with E-state index in [4.69, 9.17) is 10.6 Å². The second-order valence-electron chi connectivity index (χ2n) is 3.92. The van der Waals surface area contributed by atoms with Gasteiger partial charge in [-0.2, -0.15) is 0 Å². The number of halogens is 1. The molecule has 0 radical (unpaired) electrons. The van der Waals surface area contributed by atoms with Crippen LogP contribution < -0.4 is 20.9 Å². The van der Waals surface area contributed by atoms with Crippen molar-refractivity contribution < 1.29 is 9.13 Å². The lowest BCUT2D eigenvalue weighted by atomic mass is 10.2. The molecule has 2 aromatic rings. The number of anilines is 3. The first-order valence-corrected chi connectivity index (χ1v) is 6.10. The van der Waals surface area contributed by atoms with Crippen LogP contribution in [0.1, 0.15) is 6.92 Å². The van der Waals surface area contributed by atoms with Gasteiger partial charge in [0.15, 0.2) is 11.6 Å². The van der Waals surface area contributed by atoms with Gasteiger partial charge in [0.25, 0.3) is 0 Å². The zero-order chi connectivity index (χ0) is 14.5. The van der Waals surface area contributed by atoms with Crippen molar-refractivity contribution in [2.24, 2.45) is 5.84 Å². The number of nitrogens with one attached hydrogen (secondary N) is 1. The van der Waals surface area contributed by atoms with Crippen molar-refractivity contribution in [3.8, 4) is 5.75 Å². The Morgan fingerprint density at radius 1 is 1.35 bits per heavy atom. The van der Waals surface area contributed by atoms with E-state index in [0.717, 1.165) is 0 Å². The summed E-state index contributed by atoms with van der Waals surface area (Å²) in [5, 5.41) is 0. The number of para-hydroxylation sites is 1. The van der Waals surface area contributed by atoms with Gasteiger partial charge in [-0.3, -0.25) is 0 Å². The number of hydrogen-bond acceptors (Lipinski definition) is 6. The molecule has 20 heavy (non-hydrogen) atoms. The van der Waals surface area contributed by atoms with E-state index in [-0.39, 0.29) is 5.82 Å². The lowest BCUT2D eigenvalue weighted by Gasteiger charge is -2.24. The fourth-order valence-electron chi connectivity index (χ4n) is 1.95. The number of benzene rings is 1. The SMILES string of the molecule is CCN(c1ccccc1F)c1ncnc(NN)c1OC. The molecule has 0 saturated heterocycles. The fourth-order valence-corrected chi connectivity index (χ4v) is 1.95. The number of rotatable bonds is 5. The number of ether oxygens (including phenoxy) is 1. The van der Waals surface area contributed by atoms with E-state index in [1.807, 2.05) is 6.92 Å². The highest BCUT2D eigenvalue weighted by Crippen LogP contribution is 2.36. The molecule has 0 amide bonds. The maximum Gasteiger partial charge on any atom is 0.206 e. The lowest BCUT2D eigenvalue weighted by molar-refractivity contribution is 0.413. The van der Waals surface area contributed by atoms with Gasteiger partial charge in [0.2, 0.25) is 5.75 Å². The van der Waals surface area contributed by atoms with Crippen LogP contribution >= 0.6 is 0 Å². The molecule has 0 atom stereocenters. The van der Waals surface area contributed by atoms with Crippen LogP contribution in [0.15, 0.2) is 30.6 Å². The molecule has 3 N–H and O–H groups in total. The summed E-state index contributed by atoms with van der Waals surface area (Å²) in [6, 6.07) is 6.47. The number of methoxy groups -OCH3 is 1. The smallest absolute Gasteiger partial charge is 0.206 e. The predicted molar refractivity (Wildman–Crippen MR) is 75.5 cm³/mol. The number of nitrogens with zero attached hydrogens (tertiary/aromatic N) is 3. The molecule has 1 aromatic carbocycles. The topological polar surface area (TPSA) is 76.3 Å². The van der Waals surface area contributed by atoms with E-state index in [1.54, 1.807) is 23.1 Å². The van der Waals surface area contributed by atoms with E-state index in [1.165, 1.54) is 19.5 Å². The Kier molecular flexibility index (Phi) is 4.31. The Labute approximate surface area is 116 Å². The predicted octanol–water partition coefficient (Wildman–Crippen LogP) is 2.07. The average Bonchev–Trinajstić information content (AvgIpc) is 2.49. The highest BCUT2D eigenvalue weighted by Gasteiger charge is 2.20. The number of nitrogens with two attached hydrogens (primary N) is 1. The minimum absolute atomic E-state index is 0.336. The van der Waals surface area contributed by atoms with Crippen LogP contribution in [0.25, 0.3) is 0 Å². The third-order valence-electron chi connectivity index (χ3n) is 2.84. The van der Waals surface area contributed by atoms with Gasteiger partial charge in [-0.1, -0.05) is 12.1 Å². The molecule has 2 rings (SSSR count). The molecule has 1 heterocycles. The Hall–Kier alpha value is -2.41. The molecule has 0 fully saturated rings. The van der Waals surface area contributed by atoms with Crippen molar-refractivity contribution in [2.45, 2.75) is 6.92 Å². The molecule has 106 valence electrons. The Balaban J connectivity index is 2.55. The Bertz CT molecular complexity index is 593. The van der Waals surface area contributed by atoms with Gasteiger partial charge in [-0.05, 0) is 19.1 Å². The van der Waals surface area contributed by atoms with E-state index in [9.17, 15) is 4.39 Å². The van der Waals surface area contributed by atoms with Gasteiger partial charge in [-0.15, -0.1) is 0 Å². The second kappa shape index (κ2) is 6.16. The van der Waals surface area contributed by atoms with Crippen molar-refractivity contribution in [1.82, 2.24) is 9.97 Å². The lowest BCUT2D eigenvalue weighted by Crippen LogP contribution is -2.21. The molecule has 0 aliphatic carbocycles. The summed E-state index contributed by atoms with van der Waals surface area (Å²) in [7, 11) is 1.48. The summed E-state index contributed by atoms with van der Waals surface area (Å²) < 4.78 is 19.2. The molecular weight excluding hydrogens is 261 g/mol.